The van der Waals surface area contributed by atoms with E-state index in [0.717, 1.165) is 57.7 Å². The molecule has 4 rings (SSSR count). The standard InChI is InChI=1S/C23H34N4O3/c28-22(18-6-8-21(9-7-18)26-14-16-30-17-15-26)24-20-10-12-27(13-11-20)23(29)25-19-4-2-1-3-5-19/h6-9,19-20H,1-5,10-17H2,(H,24,28)(H,25,29). The average Bonchev–Trinajstić information content (AvgIpc) is 2.81. The summed E-state index contributed by atoms with van der Waals surface area (Å²) < 4.78 is 5.39. The van der Waals surface area contributed by atoms with Crippen LogP contribution in [0.1, 0.15) is 55.3 Å². The van der Waals surface area contributed by atoms with E-state index in [9.17, 15) is 9.59 Å². The molecule has 1 aromatic rings. The molecule has 1 aromatic carbocycles. The average molecular weight is 415 g/mol. The van der Waals surface area contributed by atoms with Gasteiger partial charge in [0.1, 0.15) is 0 Å². The molecule has 0 bridgehead atoms. The van der Waals surface area contributed by atoms with Crippen LogP contribution in [0.2, 0.25) is 0 Å². The van der Waals surface area contributed by atoms with Gasteiger partial charge in [0.15, 0.2) is 0 Å². The Morgan fingerprint density at radius 1 is 0.800 bits per heavy atom. The summed E-state index contributed by atoms with van der Waals surface area (Å²) >= 11 is 0. The number of nitrogens with zero attached hydrogens (tertiary/aromatic N) is 2. The second-order valence-electron chi connectivity index (χ2n) is 8.67. The van der Waals surface area contributed by atoms with Crippen molar-refractivity contribution in [3.8, 4) is 0 Å². The highest BCUT2D eigenvalue weighted by Gasteiger charge is 2.26. The van der Waals surface area contributed by atoms with Crippen molar-refractivity contribution in [3.05, 3.63) is 29.8 Å². The van der Waals surface area contributed by atoms with Gasteiger partial charge in [0.05, 0.1) is 13.2 Å². The first-order valence-corrected chi connectivity index (χ1v) is 11.5. The third-order valence-electron chi connectivity index (χ3n) is 6.56. The van der Waals surface area contributed by atoms with Crippen molar-refractivity contribution >= 4 is 17.6 Å². The van der Waals surface area contributed by atoms with Gasteiger partial charge in [-0.3, -0.25) is 4.79 Å². The zero-order chi connectivity index (χ0) is 20.8. The maximum absolute atomic E-state index is 12.6. The topological polar surface area (TPSA) is 73.9 Å². The smallest absolute Gasteiger partial charge is 0.317 e. The van der Waals surface area contributed by atoms with E-state index >= 15 is 0 Å². The fourth-order valence-corrected chi connectivity index (χ4v) is 4.65. The molecule has 3 amide bonds. The van der Waals surface area contributed by atoms with Crippen LogP contribution in [0, 0.1) is 0 Å². The summed E-state index contributed by atoms with van der Waals surface area (Å²) in [5.74, 6) is -0.0337. The highest BCUT2D eigenvalue weighted by atomic mass is 16.5. The lowest BCUT2D eigenvalue weighted by molar-refractivity contribution is 0.0917. The Kier molecular flexibility index (Phi) is 7.10. The summed E-state index contributed by atoms with van der Waals surface area (Å²) in [7, 11) is 0. The SMILES string of the molecule is O=C(NC1CCN(C(=O)NC2CCCCC2)CC1)c1ccc(N2CCOCC2)cc1. The highest BCUT2D eigenvalue weighted by molar-refractivity contribution is 5.94. The van der Waals surface area contributed by atoms with Crippen LogP contribution in [0.5, 0.6) is 0 Å². The fraction of sp³-hybridized carbons (Fsp3) is 0.652. The molecule has 0 atom stereocenters. The van der Waals surface area contributed by atoms with Gasteiger partial charge in [-0.2, -0.15) is 0 Å². The molecule has 0 radical (unpaired) electrons. The Labute approximate surface area is 179 Å². The molecule has 30 heavy (non-hydrogen) atoms. The molecule has 2 heterocycles. The van der Waals surface area contributed by atoms with E-state index in [1.165, 1.54) is 19.3 Å². The maximum atomic E-state index is 12.6. The van der Waals surface area contributed by atoms with Crippen molar-refractivity contribution < 1.29 is 14.3 Å². The van der Waals surface area contributed by atoms with Gasteiger partial charge in [-0.05, 0) is 49.9 Å². The number of hydrogen-bond donors (Lipinski definition) is 2. The number of urea groups is 1. The number of morpholine rings is 1. The minimum atomic E-state index is -0.0337. The zero-order valence-corrected chi connectivity index (χ0v) is 17.8. The molecule has 0 aromatic heterocycles. The summed E-state index contributed by atoms with van der Waals surface area (Å²) in [5.41, 5.74) is 1.82. The largest absolute Gasteiger partial charge is 0.378 e. The van der Waals surface area contributed by atoms with Gasteiger partial charge in [0, 0.05) is 49.5 Å². The zero-order valence-electron chi connectivity index (χ0n) is 17.8. The molecule has 7 nitrogen and oxygen atoms in total. The van der Waals surface area contributed by atoms with Gasteiger partial charge in [-0.15, -0.1) is 0 Å². The number of carbonyl (C=O) groups is 2. The summed E-state index contributed by atoms with van der Waals surface area (Å²) in [6, 6.07) is 8.33. The second-order valence-corrected chi connectivity index (χ2v) is 8.67. The number of amides is 3. The minimum Gasteiger partial charge on any atom is -0.378 e. The Hall–Kier alpha value is -2.28. The van der Waals surface area contributed by atoms with Crippen LogP contribution >= 0.6 is 0 Å². The van der Waals surface area contributed by atoms with Crippen molar-refractivity contribution in [1.82, 2.24) is 15.5 Å². The second kappa shape index (κ2) is 10.2. The normalized spacial score (nSPS) is 21.3. The van der Waals surface area contributed by atoms with Crippen LogP contribution in [-0.2, 0) is 4.74 Å². The highest BCUT2D eigenvalue weighted by Crippen LogP contribution is 2.19. The van der Waals surface area contributed by atoms with Crippen LogP contribution in [-0.4, -0.2) is 68.3 Å². The van der Waals surface area contributed by atoms with Gasteiger partial charge < -0.3 is 25.2 Å². The Bertz CT molecular complexity index is 704. The Balaban J connectivity index is 1.21. The number of hydrogen-bond acceptors (Lipinski definition) is 4. The van der Waals surface area contributed by atoms with E-state index in [1.54, 1.807) is 0 Å². The molecule has 2 saturated heterocycles. The van der Waals surface area contributed by atoms with Gasteiger partial charge in [0.25, 0.3) is 5.91 Å². The molecule has 0 spiro atoms. The van der Waals surface area contributed by atoms with Crippen LogP contribution in [0.25, 0.3) is 0 Å². The van der Waals surface area contributed by atoms with Crippen molar-refractivity contribution in [2.45, 2.75) is 57.0 Å². The molecule has 3 fully saturated rings. The Morgan fingerprint density at radius 3 is 2.10 bits per heavy atom. The molecule has 7 heteroatoms. The number of piperidine rings is 1. The molecule has 2 aliphatic heterocycles. The number of rotatable bonds is 4. The van der Waals surface area contributed by atoms with Crippen LogP contribution in [0.4, 0.5) is 10.5 Å². The number of anilines is 1. The van der Waals surface area contributed by atoms with Gasteiger partial charge in [-0.25, -0.2) is 4.79 Å². The van der Waals surface area contributed by atoms with E-state index in [1.807, 2.05) is 29.2 Å². The van der Waals surface area contributed by atoms with Crippen molar-refractivity contribution in [1.29, 1.82) is 0 Å². The van der Waals surface area contributed by atoms with E-state index in [0.29, 0.717) is 24.7 Å². The van der Waals surface area contributed by atoms with Gasteiger partial charge in [0.2, 0.25) is 0 Å². The lowest BCUT2D eigenvalue weighted by Gasteiger charge is -2.34. The van der Waals surface area contributed by atoms with E-state index in [2.05, 4.69) is 15.5 Å². The van der Waals surface area contributed by atoms with E-state index in [-0.39, 0.29) is 18.0 Å². The predicted molar refractivity (Wildman–Crippen MR) is 117 cm³/mol. The third kappa shape index (κ3) is 5.45. The number of benzene rings is 1. The van der Waals surface area contributed by atoms with Crippen LogP contribution in [0.15, 0.2) is 24.3 Å². The number of carbonyl (C=O) groups excluding carboxylic acids is 2. The molecule has 2 N–H and O–H groups in total. The predicted octanol–water partition coefficient (Wildman–Crippen LogP) is 2.76. The lowest BCUT2D eigenvalue weighted by atomic mass is 9.95. The summed E-state index contributed by atoms with van der Waals surface area (Å²) in [6.07, 6.45) is 7.52. The summed E-state index contributed by atoms with van der Waals surface area (Å²) in [6.45, 7) is 4.66. The summed E-state index contributed by atoms with van der Waals surface area (Å²) in [5, 5.41) is 6.33. The fourth-order valence-electron chi connectivity index (χ4n) is 4.65. The molecular weight excluding hydrogens is 380 g/mol. The molecule has 1 aliphatic carbocycles. The van der Waals surface area contributed by atoms with Crippen LogP contribution in [0.3, 0.4) is 0 Å². The first kappa shape index (κ1) is 21.0. The minimum absolute atomic E-state index is 0.0337. The number of ether oxygens (including phenoxy) is 1. The van der Waals surface area contributed by atoms with E-state index in [4.69, 9.17) is 4.74 Å². The quantitative estimate of drug-likeness (QED) is 0.795. The Morgan fingerprint density at radius 2 is 1.43 bits per heavy atom. The maximum Gasteiger partial charge on any atom is 0.317 e. The monoisotopic (exact) mass is 414 g/mol. The lowest BCUT2D eigenvalue weighted by Crippen LogP contribution is -2.51. The number of likely N-dealkylation sites (tertiary alicyclic amines) is 1. The summed E-state index contributed by atoms with van der Waals surface area (Å²) in [4.78, 5) is 29.3. The first-order chi connectivity index (χ1) is 14.7. The van der Waals surface area contributed by atoms with Gasteiger partial charge in [-0.1, -0.05) is 19.3 Å². The van der Waals surface area contributed by atoms with Crippen molar-refractivity contribution in [3.63, 3.8) is 0 Å². The van der Waals surface area contributed by atoms with Crippen LogP contribution < -0.4 is 15.5 Å². The van der Waals surface area contributed by atoms with Crippen molar-refractivity contribution in [2.24, 2.45) is 0 Å². The van der Waals surface area contributed by atoms with E-state index < -0.39 is 0 Å². The molecule has 164 valence electrons. The third-order valence-corrected chi connectivity index (χ3v) is 6.56. The molecule has 1 saturated carbocycles. The van der Waals surface area contributed by atoms with Gasteiger partial charge >= 0.3 is 6.03 Å². The number of nitrogens with one attached hydrogen (secondary N) is 2. The molecular formula is C23H34N4O3. The molecule has 3 aliphatic rings. The first-order valence-electron chi connectivity index (χ1n) is 11.5. The molecule has 0 unspecified atom stereocenters. The van der Waals surface area contributed by atoms with Crippen molar-refractivity contribution in [2.75, 3.05) is 44.3 Å².